The van der Waals surface area contributed by atoms with E-state index < -0.39 is 0 Å². The van der Waals surface area contributed by atoms with Crippen LogP contribution in [0.5, 0.6) is 5.75 Å². The van der Waals surface area contributed by atoms with Gasteiger partial charge in [-0.25, -0.2) is 0 Å². The van der Waals surface area contributed by atoms with Crippen LogP contribution in [0.3, 0.4) is 0 Å². The molecule has 0 aliphatic heterocycles. The Morgan fingerprint density at radius 2 is 1.88 bits per heavy atom. The smallest absolute Gasteiger partial charge is 0.119 e. The molecule has 0 heterocycles. The molecule has 0 bridgehead atoms. The topological polar surface area (TPSA) is 30.5 Å². The van der Waals surface area contributed by atoms with Crippen molar-refractivity contribution in [2.24, 2.45) is 0 Å². The summed E-state index contributed by atoms with van der Waals surface area (Å²) in [4.78, 5) is 0. The van der Waals surface area contributed by atoms with Gasteiger partial charge >= 0.3 is 0 Å². The molecule has 4 heteroatoms. The van der Waals surface area contributed by atoms with Gasteiger partial charge in [-0.1, -0.05) is 12.1 Å². The Hall–Kier alpha value is -0.770. The van der Waals surface area contributed by atoms with Gasteiger partial charge in [-0.3, -0.25) is 0 Å². The minimum absolute atomic E-state index is 0. The molecular formula is C12H19ClNO2-. The quantitative estimate of drug-likeness (QED) is 0.613. The van der Waals surface area contributed by atoms with Gasteiger partial charge in [0.1, 0.15) is 5.75 Å². The molecule has 92 valence electrons. The molecule has 0 atom stereocenters. The Balaban J connectivity index is 0.00000225. The van der Waals surface area contributed by atoms with E-state index in [1.54, 1.807) is 7.11 Å². The molecule has 1 N–H and O–H groups in total. The maximum atomic E-state index is 5.36. The highest BCUT2D eigenvalue weighted by Gasteiger charge is 1.94. The van der Waals surface area contributed by atoms with Gasteiger partial charge in [0.15, 0.2) is 0 Å². The third kappa shape index (κ3) is 5.95. The molecule has 0 unspecified atom stereocenters. The second-order valence-electron chi connectivity index (χ2n) is 3.25. The number of hydrogen-bond acceptors (Lipinski definition) is 3. The Kier molecular flexibility index (Phi) is 9.00. The van der Waals surface area contributed by atoms with Gasteiger partial charge in [0.05, 0.1) is 13.2 Å². The van der Waals surface area contributed by atoms with Crippen molar-refractivity contribution in [3.63, 3.8) is 0 Å². The fourth-order valence-electron chi connectivity index (χ4n) is 1.28. The van der Waals surface area contributed by atoms with Crippen LogP contribution in [0.1, 0.15) is 12.5 Å². The molecule has 3 nitrogen and oxygen atoms in total. The van der Waals surface area contributed by atoms with Crippen LogP contribution in [0.2, 0.25) is 0 Å². The van der Waals surface area contributed by atoms with Crippen LogP contribution in [0.4, 0.5) is 0 Å². The van der Waals surface area contributed by atoms with Gasteiger partial charge in [0, 0.05) is 20.2 Å². The molecule has 0 aliphatic carbocycles. The number of hydrogen-bond donors (Lipinski definition) is 1. The van der Waals surface area contributed by atoms with Gasteiger partial charge in [-0.15, -0.1) is 0 Å². The number of nitrogens with one attached hydrogen (secondary N) is 1. The number of benzene rings is 1. The minimum atomic E-state index is 0. The van der Waals surface area contributed by atoms with Crippen molar-refractivity contribution in [2.75, 3.05) is 26.9 Å². The predicted molar refractivity (Wildman–Crippen MR) is 61.2 cm³/mol. The van der Waals surface area contributed by atoms with E-state index in [0.29, 0.717) is 6.61 Å². The minimum Gasteiger partial charge on any atom is -1.00 e. The Morgan fingerprint density at radius 3 is 2.44 bits per heavy atom. The van der Waals surface area contributed by atoms with E-state index in [9.17, 15) is 0 Å². The van der Waals surface area contributed by atoms with Crippen LogP contribution in [0.15, 0.2) is 24.3 Å². The lowest BCUT2D eigenvalue weighted by Gasteiger charge is -2.06. The Morgan fingerprint density at radius 1 is 1.19 bits per heavy atom. The summed E-state index contributed by atoms with van der Waals surface area (Å²) >= 11 is 0. The monoisotopic (exact) mass is 244 g/mol. The standard InChI is InChI=1S/C12H19NO2.ClH/c1-3-15-12-6-4-11(5-7-12)10-13-8-9-14-2;/h4-7,13H,3,8-10H2,1-2H3;1H/p-1. The van der Waals surface area contributed by atoms with Crippen LogP contribution in [-0.4, -0.2) is 26.9 Å². The zero-order chi connectivity index (χ0) is 10.9. The summed E-state index contributed by atoms with van der Waals surface area (Å²) in [5.41, 5.74) is 1.26. The van der Waals surface area contributed by atoms with Gasteiger partial charge in [0.2, 0.25) is 0 Å². The van der Waals surface area contributed by atoms with Gasteiger partial charge in [-0.05, 0) is 24.6 Å². The zero-order valence-electron chi connectivity index (χ0n) is 9.83. The predicted octanol–water partition coefficient (Wildman–Crippen LogP) is -1.17. The first kappa shape index (κ1) is 15.2. The largest absolute Gasteiger partial charge is 1.00 e. The first-order valence-electron chi connectivity index (χ1n) is 5.28. The molecule has 0 aliphatic rings. The average Bonchev–Trinajstić information content (AvgIpc) is 2.27. The fourth-order valence-corrected chi connectivity index (χ4v) is 1.28. The van der Waals surface area contributed by atoms with Crippen molar-refractivity contribution < 1.29 is 21.9 Å². The summed E-state index contributed by atoms with van der Waals surface area (Å²) < 4.78 is 10.3. The second kappa shape index (κ2) is 9.46. The van der Waals surface area contributed by atoms with E-state index in [1.165, 1.54) is 5.56 Å². The molecule has 16 heavy (non-hydrogen) atoms. The van der Waals surface area contributed by atoms with E-state index in [0.717, 1.165) is 25.4 Å². The zero-order valence-corrected chi connectivity index (χ0v) is 10.6. The normalized spacial score (nSPS) is 9.62. The molecule has 0 aromatic heterocycles. The van der Waals surface area contributed by atoms with Crippen LogP contribution in [0.25, 0.3) is 0 Å². The van der Waals surface area contributed by atoms with Gasteiger partial charge in [0.25, 0.3) is 0 Å². The number of halogens is 1. The highest BCUT2D eigenvalue weighted by atomic mass is 35.5. The third-order valence-electron chi connectivity index (χ3n) is 2.05. The van der Waals surface area contributed by atoms with Crippen molar-refractivity contribution in [2.45, 2.75) is 13.5 Å². The summed E-state index contributed by atoms with van der Waals surface area (Å²) in [5.74, 6) is 0.929. The van der Waals surface area contributed by atoms with Crippen LogP contribution < -0.4 is 22.5 Å². The molecule has 1 rings (SSSR count). The van der Waals surface area contributed by atoms with E-state index in [-0.39, 0.29) is 12.4 Å². The summed E-state index contributed by atoms with van der Waals surface area (Å²) in [7, 11) is 1.71. The van der Waals surface area contributed by atoms with Crippen LogP contribution in [0, 0.1) is 0 Å². The second-order valence-corrected chi connectivity index (χ2v) is 3.25. The maximum Gasteiger partial charge on any atom is 0.119 e. The van der Waals surface area contributed by atoms with Crippen molar-refractivity contribution >= 4 is 0 Å². The lowest BCUT2D eigenvalue weighted by atomic mass is 10.2. The van der Waals surface area contributed by atoms with Gasteiger partial charge < -0.3 is 27.2 Å². The van der Waals surface area contributed by atoms with Crippen molar-refractivity contribution in [1.82, 2.24) is 5.32 Å². The highest BCUT2D eigenvalue weighted by Crippen LogP contribution is 2.11. The lowest BCUT2D eigenvalue weighted by Crippen LogP contribution is -3.00. The molecule has 0 saturated carbocycles. The van der Waals surface area contributed by atoms with E-state index >= 15 is 0 Å². The summed E-state index contributed by atoms with van der Waals surface area (Å²) in [6, 6.07) is 8.14. The molecule has 0 radical (unpaired) electrons. The molecule has 0 saturated heterocycles. The summed E-state index contributed by atoms with van der Waals surface area (Å²) in [6.07, 6.45) is 0. The summed E-state index contributed by atoms with van der Waals surface area (Å²) in [5, 5.41) is 3.29. The molecule has 0 fully saturated rings. The van der Waals surface area contributed by atoms with E-state index in [2.05, 4.69) is 17.4 Å². The maximum absolute atomic E-state index is 5.36. The van der Waals surface area contributed by atoms with Crippen LogP contribution in [-0.2, 0) is 11.3 Å². The van der Waals surface area contributed by atoms with E-state index in [4.69, 9.17) is 9.47 Å². The van der Waals surface area contributed by atoms with Gasteiger partial charge in [-0.2, -0.15) is 0 Å². The molecule has 1 aromatic rings. The molecule has 0 spiro atoms. The number of rotatable bonds is 7. The molecule has 1 aromatic carbocycles. The molecule has 0 amide bonds. The van der Waals surface area contributed by atoms with E-state index in [1.807, 2.05) is 19.1 Å². The van der Waals surface area contributed by atoms with Crippen molar-refractivity contribution in [3.05, 3.63) is 29.8 Å². The van der Waals surface area contributed by atoms with Crippen LogP contribution >= 0.6 is 0 Å². The first-order valence-corrected chi connectivity index (χ1v) is 5.28. The molecular weight excluding hydrogens is 226 g/mol. The van der Waals surface area contributed by atoms with Crippen molar-refractivity contribution in [3.8, 4) is 5.75 Å². The fraction of sp³-hybridized carbons (Fsp3) is 0.500. The number of ether oxygens (including phenoxy) is 2. The van der Waals surface area contributed by atoms with Crippen molar-refractivity contribution in [1.29, 1.82) is 0 Å². The highest BCUT2D eigenvalue weighted by molar-refractivity contribution is 5.27. The summed E-state index contributed by atoms with van der Waals surface area (Å²) in [6.45, 7) is 5.20. The first-order chi connectivity index (χ1) is 7.36. The lowest BCUT2D eigenvalue weighted by molar-refractivity contribution is -0.00000409. The third-order valence-corrected chi connectivity index (χ3v) is 2.05. The Labute approximate surface area is 104 Å². The Bertz CT molecular complexity index is 264. The SMILES string of the molecule is CCOc1ccc(CNCCOC)cc1.[Cl-]. The average molecular weight is 245 g/mol. The number of methoxy groups -OCH3 is 1.